The Hall–Kier alpha value is -2.47. The number of aromatic nitrogens is 3. The molecule has 0 radical (unpaired) electrons. The molecule has 0 saturated carbocycles. The number of likely N-dealkylation sites (N-methyl/N-ethyl adjacent to an activating group) is 1. The van der Waals surface area contributed by atoms with Gasteiger partial charge in [0.2, 0.25) is 0 Å². The highest BCUT2D eigenvalue weighted by molar-refractivity contribution is 5.90. The first-order valence-corrected chi connectivity index (χ1v) is 6.13. The van der Waals surface area contributed by atoms with Gasteiger partial charge in [-0.3, -0.25) is 9.63 Å². The van der Waals surface area contributed by atoms with E-state index in [4.69, 9.17) is 4.84 Å². The van der Waals surface area contributed by atoms with Crippen LogP contribution in [0.3, 0.4) is 0 Å². The summed E-state index contributed by atoms with van der Waals surface area (Å²) < 4.78 is 1.72. The number of benzene rings is 1. The first-order valence-electron chi connectivity index (χ1n) is 6.13. The first-order chi connectivity index (χ1) is 9.69. The largest absolute Gasteiger partial charge is 0.274 e. The van der Waals surface area contributed by atoms with Crippen molar-refractivity contribution in [3.63, 3.8) is 0 Å². The molecular formula is C14H16N4O2. The van der Waals surface area contributed by atoms with E-state index in [2.05, 4.69) is 10.3 Å². The predicted molar refractivity (Wildman–Crippen MR) is 74.4 cm³/mol. The van der Waals surface area contributed by atoms with Gasteiger partial charge in [0.15, 0.2) is 0 Å². The van der Waals surface area contributed by atoms with E-state index in [0.717, 1.165) is 10.6 Å². The summed E-state index contributed by atoms with van der Waals surface area (Å²) in [5, 5.41) is 9.13. The molecule has 2 aromatic rings. The molecule has 0 atom stereocenters. The number of rotatable bonds is 5. The summed E-state index contributed by atoms with van der Waals surface area (Å²) in [6.07, 6.45) is 4.77. The van der Waals surface area contributed by atoms with Gasteiger partial charge in [-0.05, 0) is 11.6 Å². The van der Waals surface area contributed by atoms with E-state index in [-0.39, 0.29) is 5.91 Å². The molecule has 1 amide bonds. The van der Waals surface area contributed by atoms with Gasteiger partial charge in [0, 0.05) is 13.1 Å². The third-order valence-electron chi connectivity index (χ3n) is 2.72. The van der Waals surface area contributed by atoms with Crippen LogP contribution >= 0.6 is 0 Å². The van der Waals surface area contributed by atoms with Crippen LogP contribution in [0.1, 0.15) is 11.3 Å². The zero-order valence-corrected chi connectivity index (χ0v) is 11.4. The van der Waals surface area contributed by atoms with Crippen molar-refractivity contribution in [3.05, 3.63) is 53.9 Å². The van der Waals surface area contributed by atoms with Crippen LogP contribution in [0.4, 0.5) is 0 Å². The number of hydrogen-bond acceptors (Lipinski definition) is 4. The van der Waals surface area contributed by atoms with Gasteiger partial charge >= 0.3 is 0 Å². The topological polar surface area (TPSA) is 60.2 Å². The molecule has 0 fully saturated rings. The van der Waals surface area contributed by atoms with Crippen LogP contribution in [0.15, 0.2) is 42.6 Å². The van der Waals surface area contributed by atoms with E-state index in [1.165, 1.54) is 13.2 Å². The predicted octanol–water partition coefficient (Wildman–Crippen LogP) is 1.36. The summed E-state index contributed by atoms with van der Waals surface area (Å²) >= 11 is 0. The number of carbonyl (C=O) groups is 1. The average Bonchev–Trinajstić information content (AvgIpc) is 2.92. The Bertz CT molecular complexity index is 592. The molecule has 0 bridgehead atoms. The number of hydroxylamine groups is 2. The molecule has 1 heterocycles. The number of carbonyl (C=O) groups excluding carboxylic acids is 1. The Kier molecular flexibility index (Phi) is 4.62. The first kappa shape index (κ1) is 14.0. The van der Waals surface area contributed by atoms with Crippen LogP contribution in [0.5, 0.6) is 0 Å². The fraction of sp³-hybridized carbons (Fsp3) is 0.214. The maximum Gasteiger partial charge on any atom is 0.269 e. The molecule has 0 aliphatic rings. The van der Waals surface area contributed by atoms with E-state index < -0.39 is 0 Å². The molecule has 6 nitrogen and oxygen atoms in total. The lowest BCUT2D eigenvalue weighted by molar-refractivity contribution is -0.162. The molecule has 0 unspecified atom stereocenters. The van der Waals surface area contributed by atoms with E-state index in [9.17, 15) is 4.79 Å². The summed E-state index contributed by atoms with van der Waals surface area (Å²) in [6, 6.07) is 9.97. The zero-order chi connectivity index (χ0) is 14.4. The van der Waals surface area contributed by atoms with E-state index >= 15 is 0 Å². The molecule has 104 valence electrons. The second-order valence-corrected chi connectivity index (χ2v) is 4.18. The van der Waals surface area contributed by atoms with E-state index in [1.807, 2.05) is 30.3 Å². The lowest BCUT2D eigenvalue weighted by atomic mass is 10.2. The molecule has 2 rings (SSSR count). The maximum atomic E-state index is 11.5. The van der Waals surface area contributed by atoms with Crippen molar-refractivity contribution in [2.45, 2.75) is 6.54 Å². The van der Waals surface area contributed by atoms with Crippen LogP contribution in [-0.4, -0.2) is 40.1 Å². The van der Waals surface area contributed by atoms with Gasteiger partial charge in [-0.1, -0.05) is 35.5 Å². The third kappa shape index (κ3) is 3.76. The quantitative estimate of drug-likeness (QED) is 0.609. The Morgan fingerprint density at radius 1 is 1.40 bits per heavy atom. The molecule has 1 aromatic heterocycles. The summed E-state index contributed by atoms with van der Waals surface area (Å²) in [6.45, 7) is 0.646. The Morgan fingerprint density at radius 2 is 2.15 bits per heavy atom. The van der Waals surface area contributed by atoms with Gasteiger partial charge in [-0.25, -0.2) is 9.75 Å². The second-order valence-electron chi connectivity index (χ2n) is 4.18. The molecular weight excluding hydrogens is 256 g/mol. The molecule has 0 aliphatic heterocycles. The smallest absolute Gasteiger partial charge is 0.269 e. The van der Waals surface area contributed by atoms with Crippen LogP contribution < -0.4 is 0 Å². The van der Waals surface area contributed by atoms with Crippen LogP contribution in [0.2, 0.25) is 0 Å². The Morgan fingerprint density at radius 3 is 2.85 bits per heavy atom. The monoisotopic (exact) mass is 272 g/mol. The Balaban J connectivity index is 1.99. The van der Waals surface area contributed by atoms with Gasteiger partial charge < -0.3 is 0 Å². The summed E-state index contributed by atoms with van der Waals surface area (Å²) in [7, 11) is 2.97. The summed E-state index contributed by atoms with van der Waals surface area (Å²) in [5.41, 5.74) is 1.77. The van der Waals surface area contributed by atoms with Crippen molar-refractivity contribution in [1.82, 2.24) is 20.1 Å². The molecule has 6 heteroatoms. The van der Waals surface area contributed by atoms with Gasteiger partial charge in [-0.15, -0.1) is 5.10 Å². The fourth-order valence-electron chi connectivity index (χ4n) is 1.59. The zero-order valence-electron chi connectivity index (χ0n) is 11.4. The van der Waals surface area contributed by atoms with Crippen molar-refractivity contribution in [1.29, 1.82) is 0 Å². The molecule has 0 spiro atoms. The number of hydrogen-bond donors (Lipinski definition) is 0. The highest BCUT2D eigenvalue weighted by atomic mass is 16.7. The fourth-order valence-corrected chi connectivity index (χ4v) is 1.59. The lowest BCUT2D eigenvalue weighted by Crippen LogP contribution is -2.22. The maximum absolute atomic E-state index is 11.5. The minimum absolute atomic E-state index is 0.259. The normalized spacial score (nSPS) is 10.9. The van der Waals surface area contributed by atoms with Crippen molar-refractivity contribution >= 4 is 12.0 Å². The van der Waals surface area contributed by atoms with Gasteiger partial charge in [-0.2, -0.15) is 0 Å². The van der Waals surface area contributed by atoms with E-state index in [1.54, 1.807) is 24.0 Å². The van der Waals surface area contributed by atoms with Crippen molar-refractivity contribution in [2.24, 2.45) is 0 Å². The highest BCUT2D eigenvalue weighted by Gasteiger charge is 2.03. The van der Waals surface area contributed by atoms with Crippen molar-refractivity contribution in [2.75, 3.05) is 14.2 Å². The van der Waals surface area contributed by atoms with E-state index in [0.29, 0.717) is 12.2 Å². The van der Waals surface area contributed by atoms with Crippen LogP contribution in [-0.2, 0) is 16.2 Å². The SMILES string of the molecule is CON(C)C(=O)C=Cc1cn(Cc2ccccc2)nn1. The second kappa shape index (κ2) is 6.63. The minimum atomic E-state index is -0.259. The van der Waals surface area contributed by atoms with Gasteiger partial charge in [0.25, 0.3) is 5.91 Å². The van der Waals surface area contributed by atoms with Crippen molar-refractivity contribution < 1.29 is 9.63 Å². The highest BCUT2D eigenvalue weighted by Crippen LogP contribution is 2.03. The number of amides is 1. The Labute approximate surface area is 117 Å². The standard InChI is InChI=1S/C14H16N4O2/c1-17(20-2)14(19)9-8-13-11-18(16-15-13)10-12-6-4-3-5-7-12/h3-9,11H,10H2,1-2H3. The third-order valence-corrected chi connectivity index (χ3v) is 2.72. The number of nitrogens with zero attached hydrogens (tertiary/aromatic N) is 4. The van der Waals surface area contributed by atoms with Crippen LogP contribution in [0.25, 0.3) is 6.08 Å². The average molecular weight is 272 g/mol. The summed E-state index contributed by atoms with van der Waals surface area (Å²) in [5.74, 6) is -0.259. The minimum Gasteiger partial charge on any atom is -0.274 e. The molecule has 0 saturated heterocycles. The lowest BCUT2D eigenvalue weighted by Gasteiger charge is -2.09. The van der Waals surface area contributed by atoms with Crippen molar-refractivity contribution in [3.8, 4) is 0 Å². The molecule has 20 heavy (non-hydrogen) atoms. The molecule has 1 aromatic carbocycles. The molecule has 0 aliphatic carbocycles. The molecule has 0 N–H and O–H groups in total. The van der Waals surface area contributed by atoms with Crippen LogP contribution in [0, 0.1) is 0 Å². The van der Waals surface area contributed by atoms with Gasteiger partial charge in [0.05, 0.1) is 19.9 Å². The summed E-state index contributed by atoms with van der Waals surface area (Å²) in [4.78, 5) is 16.3. The van der Waals surface area contributed by atoms with Gasteiger partial charge in [0.1, 0.15) is 5.69 Å².